The zero-order valence-corrected chi connectivity index (χ0v) is 9.41. The van der Waals surface area contributed by atoms with Crippen LogP contribution in [0.2, 0.25) is 0 Å². The largest absolute Gasteiger partial charge is 0.433 e. The Hall–Kier alpha value is -1.65. The smallest absolute Gasteiger partial charge is 0.298 e. The lowest BCUT2D eigenvalue weighted by molar-refractivity contribution is -0.128. The number of rotatable bonds is 6. The van der Waals surface area contributed by atoms with Gasteiger partial charge in [-0.1, -0.05) is 13.8 Å². The fourth-order valence-corrected chi connectivity index (χ4v) is 0.783. The van der Waals surface area contributed by atoms with Crippen molar-refractivity contribution in [2.75, 3.05) is 0 Å². The van der Waals surface area contributed by atoms with Gasteiger partial charge in [-0.3, -0.25) is 14.4 Å². The minimum Gasteiger partial charge on any atom is -0.433 e. The third kappa shape index (κ3) is 5.29. The normalized spacial score (nSPS) is 11.9. The summed E-state index contributed by atoms with van der Waals surface area (Å²) in [5.74, 6) is -0.818. The molecule has 2 radical (unpaired) electrons. The first-order chi connectivity index (χ1) is 7.31. The summed E-state index contributed by atoms with van der Waals surface area (Å²) in [6.45, 7) is 7.08. The average Bonchev–Trinajstić information content (AvgIpc) is 2.16. The van der Waals surface area contributed by atoms with Crippen molar-refractivity contribution in [3.05, 3.63) is 25.8 Å². The lowest BCUT2D eigenvalue weighted by Crippen LogP contribution is -2.22. The van der Waals surface area contributed by atoms with Crippen LogP contribution in [0.25, 0.3) is 0 Å². The molecule has 0 unspecified atom stereocenters. The molecule has 16 heavy (non-hydrogen) atoms. The molecule has 0 aliphatic carbocycles. The maximum Gasteiger partial charge on any atom is 0.298 e. The number of amides is 1. The van der Waals surface area contributed by atoms with Gasteiger partial charge in [0.05, 0.1) is 6.42 Å². The highest BCUT2D eigenvalue weighted by Crippen LogP contribution is 2.19. The maximum atomic E-state index is 11.6. The molecule has 5 heteroatoms. The zero-order valence-electron chi connectivity index (χ0n) is 9.41. The van der Waals surface area contributed by atoms with Crippen molar-refractivity contribution >= 4 is 18.2 Å². The second-order valence-electron chi connectivity index (χ2n) is 3.85. The second kappa shape index (κ2) is 6.05. The van der Waals surface area contributed by atoms with Gasteiger partial charge in [-0.25, -0.2) is 0 Å². The first kappa shape index (κ1) is 14.3. The molecule has 0 aromatic carbocycles. The van der Waals surface area contributed by atoms with E-state index in [2.05, 4.69) is 24.0 Å². The van der Waals surface area contributed by atoms with Gasteiger partial charge in [0.1, 0.15) is 11.5 Å². The highest BCUT2D eigenvalue weighted by atomic mass is 16.5. The lowest BCUT2D eigenvalue weighted by atomic mass is 9.88. The molecule has 0 fully saturated rings. The number of carbonyl (C=O) groups excluding carboxylic acids is 3. The van der Waals surface area contributed by atoms with Crippen LogP contribution in [0.15, 0.2) is 11.8 Å². The van der Waals surface area contributed by atoms with Crippen molar-refractivity contribution in [1.29, 1.82) is 0 Å². The molecule has 0 heterocycles. The molecular formula is C11H15NO4. The first-order valence-corrected chi connectivity index (χ1v) is 4.58. The number of ketones is 1. The molecule has 0 saturated heterocycles. The number of carbonyl (C=O) groups is 3. The minimum atomic E-state index is -0.799. The van der Waals surface area contributed by atoms with Gasteiger partial charge in [0.15, 0.2) is 0 Å². The molecule has 0 aliphatic heterocycles. The van der Waals surface area contributed by atoms with E-state index < -0.39 is 11.3 Å². The average molecular weight is 225 g/mol. The van der Waals surface area contributed by atoms with Crippen LogP contribution in [-0.2, 0) is 19.1 Å². The molecule has 0 aliphatic rings. The number of allylic oxidation sites excluding steroid dienone is 1. The number of hydrogen-bond acceptors (Lipinski definition) is 4. The number of hydrogen-bond donors (Lipinski definition) is 1. The quantitative estimate of drug-likeness (QED) is 0.411. The van der Waals surface area contributed by atoms with Crippen LogP contribution in [0.4, 0.5) is 0 Å². The summed E-state index contributed by atoms with van der Waals surface area (Å²) in [4.78, 5) is 32.7. The molecule has 88 valence electrons. The Morgan fingerprint density at radius 1 is 1.44 bits per heavy atom. The van der Waals surface area contributed by atoms with Crippen LogP contribution in [0.5, 0.6) is 0 Å². The van der Waals surface area contributed by atoms with E-state index in [9.17, 15) is 14.4 Å². The Kier molecular flexibility index (Phi) is 5.42. The topological polar surface area (TPSA) is 72.5 Å². The summed E-state index contributed by atoms with van der Waals surface area (Å²) in [6, 6.07) is 0. The highest BCUT2D eigenvalue weighted by molar-refractivity contribution is 5.91. The van der Waals surface area contributed by atoms with E-state index in [1.807, 2.05) is 0 Å². The van der Waals surface area contributed by atoms with Crippen LogP contribution in [0, 0.1) is 19.4 Å². The van der Waals surface area contributed by atoms with Crippen LogP contribution >= 0.6 is 0 Å². The zero-order chi connectivity index (χ0) is 12.8. The Labute approximate surface area is 94.8 Å². The van der Waals surface area contributed by atoms with Crippen molar-refractivity contribution in [1.82, 2.24) is 5.32 Å². The fraction of sp³-hybridized carbons (Fsp3) is 0.364. The van der Waals surface area contributed by atoms with E-state index in [-0.39, 0.29) is 24.4 Å². The molecule has 1 amide bonds. The summed E-state index contributed by atoms with van der Waals surface area (Å²) in [6.07, 6.45) is 0.841. The van der Waals surface area contributed by atoms with E-state index in [0.29, 0.717) is 0 Å². The number of nitrogens with one attached hydrogen (secondary N) is 1. The van der Waals surface area contributed by atoms with Crippen molar-refractivity contribution in [3.63, 3.8) is 0 Å². The molecule has 0 rings (SSSR count). The Bertz CT molecular complexity index is 312. The van der Waals surface area contributed by atoms with Crippen LogP contribution in [-0.4, -0.2) is 18.2 Å². The first-order valence-electron chi connectivity index (χ1n) is 4.58. The van der Waals surface area contributed by atoms with Crippen LogP contribution in [0.1, 0.15) is 20.3 Å². The summed E-state index contributed by atoms with van der Waals surface area (Å²) in [5, 5.41) is 2.08. The molecule has 0 spiro atoms. The van der Waals surface area contributed by atoms with E-state index in [4.69, 9.17) is 0 Å². The Morgan fingerprint density at radius 2 is 2.00 bits per heavy atom. The molecule has 0 aromatic heterocycles. The van der Waals surface area contributed by atoms with Gasteiger partial charge in [-0.05, 0) is 6.92 Å². The van der Waals surface area contributed by atoms with E-state index in [1.165, 1.54) is 0 Å². The number of ether oxygens (including phenoxy) is 1. The maximum absolute atomic E-state index is 11.6. The second-order valence-corrected chi connectivity index (χ2v) is 3.85. The van der Waals surface area contributed by atoms with Crippen molar-refractivity contribution in [3.8, 4) is 0 Å². The summed E-state index contributed by atoms with van der Waals surface area (Å²) >= 11 is 0. The minimum absolute atomic E-state index is 0.0297. The Morgan fingerprint density at radius 3 is 2.38 bits per heavy atom. The molecule has 5 nitrogen and oxygen atoms in total. The molecular weight excluding hydrogens is 210 g/mol. The summed E-state index contributed by atoms with van der Waals surface area (Å²) in [5.41, 5.74) is -0.799. The van der Waals surface area contributed by atoms with E-state index in [1.54, 1.807) is 13.8 Å². The monoisotopic (exact) mass is 225 g/mol. The van der Waals surface area contributed by atoms with Crippen molar-refractivity contribution in [2.45, 2.75) is 20.3 Å². The summed E-state index contributed by atoms with van der Waals surface area (Å²) in [7, 11) is 3.14. The SMILES string of the molecule is [CH2]NC(=O)/C=C(/CC(=O)C([CH2])(C)C)OC=O. The number of Topliss-reactive ketones (excluding diaryl/α,β-unsaturated/α-hetero) is 1. The van der Waals surface area contributed by atoms with Gasteiger partial charge in [0.2, 0.25) is 5.91 Å². The van der Waals surface area contributed by atoms with Gasteiger partial charge in [-0.15, -0.1) is 0 Å². The third-order valence-corrected chi connectivity index (χ3v) is 1.76. The van der Waals surface area contributed by atoms with Gasteiger partial charge in [-0.2, -0.15) is 0 Å². The van der Waals surface area contributed by atoms with Crippen molar-refractivity contribution < 1.29 is 19.1 Å². The molecule has 0 bridgehead atoms. The fourth-order valence-electron chi connectivity index (χ4n) is 0.783. The van der Waals surface area contributed by atoms with Gasteiger partial charge in [0, 0.05) is 18.5 Å². The predicted molar refractivity (Wildman–Crippen MR) is 57.5 cm³/mol. The standard InChI is InChI=1S/C11H15NO4/c1-11(2,3)9(14)5-8(16-7-13)6-10(15)12-4/h6-7H,1,4-5H2,2-3H3,(H,12,15)/b8-6-. The molecule has 0 atom stereocenters. The van der Waals surface area contributed by atoms with E-state index >= 15 is 0 Å². The third-order valence-electron chi connectivity index (χ3n) is 1.76. The predicted octanol–water partition coefficient (Wildman–Crippen LogP) is 0.771. The van der Waals surface area contributed by atoms with E-state index in [0.717, 1.165) is 6.08 Å². The van der Waals surface area contributed by atoms with Crippen LogP contribution in [0.3, 0.4) is 0 Å². The van der Waals surface area contributed by atoms with Gasteiger partial charge in [0.25, 0.3) is 6.47 Å². The van der Waals surface area contributed by atoms with Crippen LogP contribution < -0.4 is 5.32 Å². The molecule has 1 N–H and O–H groups in total. The Balaban J connectivity index is 4.70. The molecule has 0 saturated carbocycles. The lowest BCUT2D eigenvalue weighted by Gasteiger charge is -2.16. The van der Waals surface area contributed by atoms with Gasteiger partial charge >= 0.3 is 0 Å². The van der Waals surface area contributed by atoms with Gasteiger partial charge < -0.3 is 10.1 Å². The molecule has 0 aromatic rings. The van der Waals surface area contributed by atoms with Crippen molar-refractivity contribution in [2.24, 2.45) is 5.41 Å². The summed E-state index contributed by atoms with van der Waals surface area (Å²) < 4.78 is 4.52. The highest BCUT2D eigenvalue weighted by Gasteiger charge is 2.23.